The van der Waals surface area contributed by atoms with E-state index in [1.165, 1.54) is 19.2 Å². The Labute approximate surface area is 181 Å². The van der Waals surface area contributed by atoms with Crippen LogP contribution in [0, 0.1) is 0 Å². The molecule has 11 heteroatoms. The number of imidazole rings is 1. The molecule has 0 bridgehead atoms. The largest absolute Gasteiger partial charge is 0.393 e. The molecule has 31 heavy (non-hydrogen) atoms. The zero-order valence-corrected chi connectivity index (χ0v) is 18.4. The number of nitrogens with zero attached hydrogens (tertiary/aromatic N) is 4. The summed E-state index contributed by atoms with van der Waals surface area (Å²) in [6, 6.07) is 6.64. The molecule has 0 unspecified atom stereocenters. The Morgan fingerprint density at radius 2 is 1.84 bits per heavy atom. The summed E-state index contributed by atoms with van der Waals surface area (Å²) in [6.45, 7) is 2.74. The topological polar surface area (TPSA) is 134 Å². The van der Waals surface area contributed by atoms with Crippen LogP contribution in [0.5, 0.6) is 0 Å². The molecule has 10 nitrogen and oxygen atoms in total. The van der Waals surface area contributed by atoms with E-state index in [1.54, 1.807) is 18.5 Å². The second-order valence-corrected chi connectivity index (χ2v) is 9.49. The molecule has 166 valence electrons. The lowest BCUT2D eigenvalue weighted by Gasteiger charge is -2.26. The number of benzene rings is 1. The Kier molecular flexibility index (Phi) is 6.08. The molecule has 1 aromatic carbocycles. The predicted molar refractivity (Wildman–Crippen MR) is 119 cm³/mol. The fraction of sp³-hybridized carbons (Fsp3) is 0.450. The van der Waals surface area contributed by atoms with E-state index >= 15 is 0 Å². The normalized spacial score (nSPS) is 19.5. The smallest absolute Gasteiger partial charge is 0.240 e. The van der Waals surface area contributed by atoms with Gasteiger partial charge in [-0.2, -0.15) is 9.97 Å². The third kappa shape index (κ3) is 4.63. The van der Waals surface area contributed by atoms with Crippen LogP contribution in [0.2, 0.25) is 0 Å². The van der Waals surface area contributed by atoms with Gasteiger partial charge in [-0.1, -0.05) is 0 Å². The predicted octanol–water partition coefficient (Wildman–Crippen LogP) is 2.21. The van der Waals surface area contributed by atoms with Crippen molar-refractivity contribution in [2.75, 3.05) is 17.7 Å². The standard InChI is InChI=1S/C20H27N7O3S/c1-3-27-12-22-17-18(23-13-6-10-16(11-7-13)31(29,30)21-2)25-20(26-19(17)27)24-14-4-8-15(28)9-5-14/h6-7,10-12,14-15,21,28H,3-5,8-9H2,1-2H3,(H2,23,24,25,26)/t14-,15-. The number of aryl methyl sites for hydroxylation is 1. The Balaban J connectivity index is 1.64. The van der Waals surface area contributed by atoms with E-state index in [2.05, 4.69) is 30.3 Å². The minimum Gasteiger partial charge on any atom is -0.393 e. The zero-order chi connectivity index (χ0) is 22.0. The highest BCUT2D eigenvalue weighted by atomic mass is 32.2. The number of fused-ring (bicyclic) bond motifs is 1. The van der Waals surface area contributed by atoms with Crippen LogP contribution in [-0.2, 0) is 16.6 Å². The van der Waals surface area contributed by atoms with Crippen molar-refractivity contribution in [3.05, 3.63) is 30.6 Å². The Hall–Kier alpha value is -2.76. The maximum Gasteiger partial charge on any atom is 0.240 e. The van der Waals surface area contributed by atoms with E-state index in [9.17, 15) is 13.5 Å². The SMILES string of the molecule is CCn1cnc2c(Nc3ccc(S(=O)(=O)NC)cc3)nc(N[C@H]3CC[C@H](O)CC3)nc21. The fourth-order valence-electron chi connectivity index (χ4n) is 3.70. The van der Waals surface area contributed by atoms with Crippen molar-refractivity contribution in [3.8, 4) is 0 Å². The summed E-state index contributed by atoms with van der Waals surface area (Å²) in [4.78, 5) is 14.0. The van der Waals surface area contributed by atoms with Gasteiger partial charge in [-0.15, -0.1) is 0 Å². The number of hydrogen-bond donors (Lipinski definition) is 4. The van der Waals surface area contributed by atoms with Crippen molar-refractivity contribution >= 4 is 38.6 Å². The molecule has 0 amide bonds. The molecule has 0 aliphatic heterocycles. The van der Waals surface area contributed by atoms with Gasteiger partial charge in [0.05, 0.1) is 17.3 Å². The van der Waals surface area contributed by atoms with Gasteiger partial charge in [0.15, 0.2) is 17.0 Å². The minimum absolute atomic E-state index is 0.186. The highest BCUT2D eigenvalue weighted by molar-refractivity contribution is 7.89. The Bertz CT molecular complexity index is 1150. The third-order valence-electron chi connectivity index (χ3n) is 5.53. The van der Waals surface area contributed by atoms with Crippen LogP contribution in [0.3, 0.4) is 0 Å². The van der Waals surface area contributed by atoms with Crippen molar-refractivity contribution in [1.29, 1.82) is 0 Å². The third-order valence-corrected chi connectivity index (χ3v) is 6.96. The van der Waals surface area contributed by atoms with Crippen molar-refractivity contribution in [2.45, 2.75) is 56.2 Å². The van der Waals surface area contributed by atoms with Gasteiger partial charge >= 0.3 is 0 Å². The van der Waals surface area contributed by atoms with Crippen LogP contribution in [0.15, 0.2) is 35.5 Å². The van der Waals surface area contributed by atoms with Gasteiger partial charge in [-0.05, 0) is 63.9 Å². The summed E-state index contributed by atoms with van der Waals surface area (Å²) >= 11 is 0. The van der Waals surface area contributed by atoms with Crippen LogP contribution in [0.4, 0.5) is 17.5 Å². The van der Waals surface area contributed by atoms with Gasteiger partial charge in [-0.25, -0.2) is 18.1 Å². The van der Waals surface area contributed by atoms with E-state index in [4.69, 9.17) is 0 Å². The highest BCUT2D eigenvalue weighted by Crippen LogP contribution is 2.27. The summed E-state index contributed by atoms with van der Waals surface area (Å²) in [5.41, 5.74) is 2.04. The number of sulfonamides is 1. The molecule has 0 atom stereocenters. The number of rotatable bonds is 7. The maximum absolute atomic E-state index is 11.9. The number of hydrogen-bond acceptors (Lipinski definition) is 8. The minimum atomic E-state index is -3.50. The molecule has 3 aromatic rings. The second kappa shape index (κ2) is 8.77. The molecule has 1 saturated carbocycles. The summed E-state index contributed by atoms with van der Waals surface area (Å²) in [5, 5.41) is 16.4. The Morgan fingerprint density at radius 1 is 1.13 bits per heavy atom. The monoisotopic (exact) mass is 445 g/mol. The van der Waals surface area contributed by atoms with Gasteiger partial charge in [0.25, 0.3) is 0 Å². The lowest BCUT2D eigenvalue weighted by atomic mass is 9.93. The quantitative estimate of drug-likeness (QED) is 0.435. The number of aliphatic hydroxyl groups is 1. The molecule has 0 saturated heterocycles. The zero-order valence-electron chi connectivity index (χ0n) is 17.5. The first-order chi connectivity index (χ1) is 14.9. The van der Waals surface area contributed by atoms with E-state index in [1.807, 2.05) is 11.5 Å². The van der Waals surface area contributed by atoms with Crippen LogP contribution in [-0.4, -0.2) is 52.2 Å². The molecule has 4 rings (SSSR count). The first-order valence-electron chi connectivity index (χ1n) is 10.4. The Morgan fingerprint density at radius 3 is 2.48 bits per heavy atom. The molecule has 1 aliphatic rings. The van der Waals surface area contributed by atoms with E-state index in [-0.39, 0.29) is 17.0 Å². The highest BCUT2D eigenvalue weighted by Gasteiger charge is 2.21. The molecule has 0 radical (unpaired) electrons. The number of anilines is 3. The van der Waals surface area contributed by atoms with Gasteiger partial charge in [0.1, 0.15) is 0 Å². The van der Waals surface area contributed by atoms with Crippen molar-refractivity contribution in [1.82, 2.24) is 24.2 Å². The molecule has 2 aromatic heterocycles. The first kappa shape index (κ1) is 21.5. The summed E-state index contributed by atoms with van der Waals surface area (Å²) in [5.74, 6) is 1.04. The molecular weight excluding hydrogens is 418 g/mol. The lowest BCUT2D eigenvalue weighted by Crippen LogP contribution is -2.29. The van der Waals surface area contributed by atoms with Crippen LogP contribution < -0.4 is 15.4 Å². The van der Waals surface area contributed by atoms with Crippen LogP contribution in [0.25, 0.3) is 11.2 Å². The van der Waals surface area contributed by atoms with E-state index in [0.29, 0.717) is 28.6 Å². The molecule has 2 heterocycles. The average Bonchev–Trinajstić information content (AvgIpc) is 3.19. The molecule has 4 N–H and O–H groups in total. The van der Waals surface area contributed by atoms with Crippen molar-refractivity contribution in [3.63, 3.8) is 0 Å². The average molecular weight is 446 g/mol. The van der Waals surface area contributed by atoms with Crippen molar-refractivity contribution in [2.24, 2.45) is 0 Å². The fourth-order valence-corrected chi connectivity index (χ4v) is 4.43. The van der Waals surface area contributed by atoms with Gasteiger partial charge < -0.3 is 20.3 Å². The molecule has 1 aliphatic carbocycles. The summed E-state index contributed by atoms with van der Waals surface area (Å²) in [6.07, 6.45) is 4.75. The van der Waals surface area contributed by atoms with Gasteiger partial charge in [-0.3, -0.25) is 0 Å². The number of aliphatic hydroxyl groups excluding tert-OH is 1. The number of nitrogens with one attached hydrogen (secondary N) is 3. The summed E-state index contributed by atoms with van der Waals surface area (Å²) in [7, 11) is -2.12. The van der Waals surface area contributed by atoms with Crippen LogP contribution >= 0.6 is 0 Å². The van der Waals surface area contributed by atoms with Crippen molar-refractivity contribution < 1.29 is 13.5 Å². The molecule has 0 spiro atoms. The van der Waals surface area contributed by atoms with Gasteiger partial charge in [0.2, 0.25) is 16.0 Å². The lowest BCUT2D eigenvalue weighted by molar-refractivity contribution is 0.126. The van der Waals surface area contributed by atoms with E-state index < -0.39 is 10.0 Å². The first-order valence-corrected chi connectivity index (χ1v) is 11.9. The molecule has 1 fully saturated rings. The second-order valence-electron chi connectivity index (χ2n) is 7.61. The van der Waals surface area contributed by atoms with Crippen LogP contribution in [0.1, 0.15) is 32.6 Å². The molecular formula is C20H27N7O3S. The number of aromatic nitrogens is 4. The maximum atomic E-state index is 11.9. The summed E-state index contributed by atoms with van der Waals surface area (Å²) < 4.78 is 28.1. The van der Waals surface area contributed by atoms with Gasteiger partial charge in [0, 0.05) is 18.3 Å². The van der Waals surface area contributed by atoms with E-state index in [0.717, 1.165) is 32.2 Å².